The molecule has 1 aromatic rings. The second-order valence-corrected chi connectivity index (χ2v) is 4.60. The van der Waals surface area contributed by atoms with Gasteiger partial charge in [0, 0.05) is 16.9 Å². The first-order valence-corrected chi connectivity index (χ1v) is 6.10. The number of nitrogens with two attached hydrogens (primary N) is 1. The van der Waals surface area contributed by atoms with E-state index in [9.17, 15) is 0 Å². The molecule has 1 atom stereocenters. The average molecular weight is 281 g/mol. The van der Waals surface area contributed by atoms with E-state index in [1.165, 1.54) is 11.1 Å². The zero-order chi connectivity index (χ0) is 12.0. The minimum atomic E-state index is 0.165. The minimum absolute atomic E-state index is 0.165. The van der Waals surface area contributed by atoms with Crippen LogP contribution in [0.4, 0.5) is 0 Å². The highest BCUT2D eigenvalue weighted by Gasteiger charge is 2.11. The molecule has 0 radical (unpaired) electrons. The molecule has 3 heteroatoms. The highest BCUT2D eigenvalue weighted by molar-refractivity contribution is 9.10. The lowest BCUT2D eigenvalue weighted by Crippen LogP contribution is -2.28. The van der Waals surface area contributed by atoms with Crippen molar-refractivity contribution in [1.29, 1.82) is 0 Å². The van der Waals surface area contributed by atoms with Crippen LogP contribution in [0.1, 0.15) is 36.9 Å². The zero-order valence-electron chi connectivity index (χ0n) is 9.68. The topological polar surface area (TPSA) is 38.0 Å². The number of benzene rings is 1. The number of rotatable bonds is 4. The summed E-state index contributed by atoms with van der Waals surface area (Å²) in [7, 11) is 0. The predicted molar refractivity (Wildman–Crippen MR) is 71.6 cm³/mol. The Hall–Kier alpha value is -0.820. The first-order chi connectivity index (χ1) is 7.69. The molecule has 1 aromatic carbocycles. The van der Waals surface area contributed by atoms with E-state index in [0.29, 0.717) is 0 Å². The molecule has 0 aliphatic heterocycles. The Labute approximate surface area is 106 Å². The average Bonchev–Trinajstić information content (AvgIpc) is 2.28. The molecule has 0 fully saturated rings. The Morgan fingerprint density at radius 3 is 2.88 bits per heavy atom. The highest BCUT2D eigenvalue weighted by Crippen LogP contribution is 2.24. The summed E-state index contributed by atoms with van der Waals surface area (Å²) < 4.78 is 1.08. The predicted octanol–water partition coefficient (Wildman–Crippen LogP) is 3.07. The van der Waals surface area contributed by atoms with Crippen LogP contribution in [0.5, 0.6) is 0 Å². The summed E-state index contributed by atoms with van der Waals surface area (Å²) in [5.74, 6) is 11.5. The van der Waals surface area contributed by atoms with Gasteiger partial charge in [0.2, 0.25) is 0 Å². The third-order valence-electron chi connectivity index (χ3n) is 2.55. The van der Waals surface area contributed by atoms with E-state index in [4.69, 9.17) is 5.84 Å². The van der Waals surface area contributed by atoms with Crippen molar-refractivity contribution in [3.8, 4) is 11.8 Å². The van der Waals surface area contributed by atoms with Crippen molar-refractivity contribution in [2.24, 2.45) is 5.84 Å². The van der Waals surface area contributed by atoms with E-state index in [-0.39, 0.29) is 6.04 Å². The summed E-state index contributed by atoms with van der Waals surface area (Å²) in [5, 5.41) is 0. The molecule has 1 rings (SSSR count). The van der Waals surface area contributed by atoms with Crippen LogP contribution in [0.2, 0.25) is 0 Å². The van der Waals surface area contributed by atoms with Gasteiger partial charge in [0.25, 0.3) is 0 Å². The maximum absolute atomic E-state index is 5.59. The van der Waals surface area contributed by atoms with Gasteiger partial charge in [-0.25, -0.2) is 0 Å². The van der Waals surface area contributed by atoms with Gasteiger partial charge in [-0.05, 0) is 43.5 Å². The van der Waals surface area contributed by atoms with Gasteiger partial charge in [-0.1, -0.05) is 22.0 Å². The summed E-state index contributed by atoms with van der Waals surface area (Å²) in [6.45, 7) is 3.95. The molecule has 0 bridgehead atoms. The SMILES string of the molecule is CC#CCCC(NN)c1cc(Br)ccc1C. The van der Waals surface area contributed by atoms with Crippen LogP contribution >= 0.6 is 15.9 Å². The Balaban J connectivity index is 2.84. The zero-order valence-corrected chi connectivity index (χ0v) is 11.3. The number of hydrazine groups is 1. The van der Waals surface area contributed by atoms with Gasteiger partial charge in [-0.15, -0.1) is 11.8 Å². The second-order valence-electron chi connectivity index (χ2n) is 3.69. The number of nitrogens with one attached hydrogen (secondary N) is 1. The molecule has 0 heterocycles. The number of hydrogen-bond acceptors (Lipinski definition) is 2. The third kappa shape index (κ3) is 3.64. The summed E-state index contributed by atoms with van der Waals surface area (Å²) in [6.07, 6.45) is 1.78. The molecule has 0 amide bonds. The Morgan fingerprint density at radius 2 is 2.25 bits per heavy atom. The number of hydrogen-bond donors (Lipinski definition) is 2. The first-order valence-electron chi connectivity index (χ1n) is 5.30. The van der Waals surface area contributed by atoms with E-state index in [1.54, 1.807) is 0 Å². The molecule has 3 N–H and O–H groups in total. The summed E-state index contributed by atoms with van der Waals surface area (Å²) in [6, 6.07) is 6.41. The molecule has 1 unspecified atom stereocenters. The fraction of sp³-hybridized carbons (Fsp3) is 0.385. The van der Waals surface area contributed by atoms with E-state index in [1.807, 2.05) is 13.0 Å². The maximum Gasteiger partial charge on any atom is 0.0472 e. The smallest absolute Gasteiger partial charge is 0.0472 e. The minimum Gasteiger partial charge on any atom is -0.271 e. The second kappa shape index (κ2) is 6.70. The van der Waals surface area contributed by atoms with Gasteiger partial charge in [-0.2, -0.15) is 0 Å². The third-order valence-corrected chi connectivity index (χ3v) is 3.05. The van der Waals surface area contributed by atoms with Gasteiger partial charge in [-0.3, -0.25) is 11.3 Å². The normalized spacial score (nSPS) is 11.8. The van der Waals surface area contributed by atoms with Crippen molar-refractivity contribution in [3.05, 3.63) is 33.8 Å². The van der Waals surface area contributed by atoms with E-state index >= 15 is 0 Å². The fourth-order valence-corrected chi connectivity index (χ4v) is 2.04. The van der Waals surface area contributed by atoms with Crippen LogP contribution in [0.25, 0.3) is 0 Å². The molecular weight excluding hydrogens is 264 g/mol. The quantitative estimate of drug-likeness (QED) is 0.505. The molecule has 2 nitrogen and oxygen atoms in total. The van der Waals surface area contributed by atoms with Crippen molar-refractivity contribution in [2.75, 3.05) is 0 Å². The lowest BCUT2D eigenvalue weighted by atomic mass is 9.98. The maximum atomic E-state index is 5.59. The molecule has 0 spiro atoms. The molecule has 16 heavy (non-hydrogen) atoms. The molecular formula is C13H17BrN2. The number of aryl methyl sites for hydroxylation is 1. The molecule has 0 saturated carbocycles. The van der Waals surface area contributed by atoms with E-state index < -0.39 is 0 Å². The van der Waals surface area contributed by atoms with Crippen LogP contribution in [0, 0.1) is 18.8 Å². The summed E-state index contributed by atoms with van der Waals surface area (Å²) in [4.78, 5) is 0. The van der Waals surface area contributed by atoms with Crippen molar-refractivity contribution in [1.82, 2.24) is 5.43 Å². The van der Waals surface area contributed by atoms with Crippen molar-refractivity contribution >= 4 is 15.9 Å². The van der Waals surface area contributed by atoms with Crippen LogP contribution in [-0.4, -0.2) is 0 Å². The Morgan fingerprint density at radius 1 is 1.50 bits per heavy atom. The van der Waals surface area contributed by atoms with Crippen LogP contribution in [0.3, 0.4) is 0 Å². The van der Waals surface area contributed by atoms with Crippen molar-refractivity contribution in [3.63, 3.8) is 0 Å². The molecule has 0 aliphatic carbocycles. The fourth-order valence-electron chi connectivity index (χ4n) is 1.66. The van der Waals surface area contributed by atoms with Gasteiger partial charge < -0.3 is 0 Å². The monoisotopic (exact) mass is 280 g/mol. The van der Waals surface area contributed by atoms with Crippen molar-refractivity contribution in [2.45, 2.75) is 32.7 Å². The number of halogens is 1. The van der Waals surface area contributed by atoms with Gasteiger partial charge in [0.05, 0.1) is 0 Å². The molecule has 0 aliphatic rings. The van der Waals surface area contributed by atoms with Crippen LogP contribution in [-0.2, 0) is 0 Å². The van der Waals surface area contributed by atoms with Crippen LogP contribution < -0.4 is 11.3 Å². The lowest BCUT2D eigenvalue weighted by molar-refractivity contribution is 0.521. The van der Waals surface area contributed by atoms with Crippen LogP contribution in [0.15, 0.2) is 22.7 Å². The lowest BCUT2D eigenvalue weighted by Gasteiger charge is -2.17. The molecule has 86 valence electrons. The Bertz CT molecular complexity index is 404. The molecule has 0 saturated heterocycles. The van der Waals surface area contributed by atoms with Gasteiger partial charge >= 0.3 is 0 Å². The Kier molecular flexibility index (Phi) is 5.54. The van der Waals surface area contributed by atoms with Gasteiger partial charge in [0.15, 0.2) is 0 Å². The summed E-state index contributed by atoms with van der Waals surface area (Å²) in [5.41, 5.74) is 5.33. The van der Waals surface area contributed by atoms with E-state index in [0.717, 1.165) is 17.3 Å². The van der Waals surface area contributed by atoms with Crippen molar-refractivity contribution < 1.29 is 0 Å². The summed E-state index contributed by atoms with van der Waals surface area (Å²) >= 11 is 3.48. The van der Waals surface area contributed by atoms with E-state index in [2.05, 4.69) is 52.3 Å². The van der Waals surface area contributed by atoms with Gasteiger partial charge in [0.1, 0.15) is 0 Å². The largest absolute Gasteiger partial charge is 0.271 e. The highest BCUT2D eigenvalue weighted by atomic mass is 79.9. The molecule has 0 aromatic heterocycles. The first kappa shape index (κ1) is 13.2. The standard InChI is InChI=1S/C13H17BrN2/c1-3-4-5-6-13(16-15)12-9-11(14)8-7-10(12)2/h7-9,13,16H,5-6,15H2,1-2H3.